The average molecular weight is 192 g/mol. The van der Waals surface area contributed by atoms with Gasteiger partial charge in [0.05, 0.1) is 13.2 Å². The first-order valence-corrected chi connectivity index (χ1v) is 4.66. The van der Waals surface area contributed by atoms with E-state index in [0.29, 0.717) is 19.6 Å². The minimum atomic E-state index is -0.748. The molecule has 0 saturated heterocycles. The molecule has 0 fully saturated rings. The molecule has 1 aliphatic heterocycles. The highest BCUT2D eigenvalue weighted by Gasteiger charge is 2.11. The van der Waals surface area contributed by atoms with Crippen molar-refractivity contribution in [3.63, 3.8) is 0 Å². The summed E-state index contributed by atoms with van der Waals surface area (Å²) in [4.78, 5) is 10.4. The van der Waals surface area contributed by atoms with E-state index in [1.54, 1.807) is 0 Å². The molecular formula is C11H12O3. The van der Waals surface area contributed by atoms with Crippen molar-refractivity contribution in [2.24, 2.45) is 0 Å². The first-order valence-electron chi connectivity index (χ1n) is 4.66. The molecule has 2 rings (SSSR count). The Hall–Kier alpha value is -1.35. The van der Waals surface area contributed by atoms with Gasteiger partial charge < -0.3 is 9.84 Å². The van der Waals surface area contributed by atoms with Crippen LogP contribution in [0.1, 0.15) is 23.1 Å². The summed E-state index contributed by atoms with van der Waals surface area (Å²) in [6, 6.07) is 6.06. The fraction of sp³-hybridized carbons (Fsp3) is 0.364. The second kappa shape index (κ2) is 3.80. The zero-order valence-electron chi connectivity index (χ0n) is 7.82. The van der Waals surface area contributed by atoms with Crippen LogP contribution in [0.2, 0.25) is 0 Å². The van der Waals surface area contributed by atoms with Gasteiger partial charge in [-0.3, -0.25) is 4.79 Å². The zero-order chi connectivity index (χ0) is 9.97. The Labute approximate surface area is 82.3 Å². The molecule has 0 aromatic heterocycles. The summed E-state index contributed by atoms with van der Waals surface area (Å²) >= 11 is 0. The number of benzene rings is 1. The number of carbonyl (C=O) groups is 1. The van der Waals surface area contributed by atoms with Gasteiger partial charge in [0.25, 0.3) is 0 Å². The molecule has 0 spiro atoms. The van der Waals surface area contributed by atoms with Crippen LogP contribution in [0.5, 0.6) is 0 Å². The minimum absolute atomic E-state index is 0.194. The molecule has 1 N–H and O–H groups in total. The van der Waals surface area contributed by atoms with E-state index in [2.05, 4.69) is 0 Å². The topological polar surface area (TPSA) is 46.5 Å². The molecule has 1 heterocycles. The zero-order valence-corrected chi connectivity index (χ0v) is 7.82. The molecule has 0 bridgehead atoms. The van der Waals surface area contributed by atoms with Crippen LogP contribution in [0.25, 0.3) is 0 Å². The minimum Gasteiger partial charge on any atom is -0.481 e. The van der Waals surface area contributed by atoms with E-state index < -0.39 is 5.97 Å². The maximum atomic E-state index is 10.4. The standard InChI is InChI=1S/C11H12O3/c12-11(13)4-2-8-1-3-9-6-14-7-10(9)5-8/h1,3,5H,2,4,6-7H2,(H,12,13). The van der Waals surface area contributed by atoms with E-state index in [0.717, 1.165) is 5.56 Å². The molecule has 1 aliphatic rings. The van der Waals surface area contributed by atoms with Gasteiger partial charge in [0.15, 0.2) is 0 Å². The molecule has 3 heteroatoms. The maximum absolute atomic E-state index is 10.4. The van der Waals surface area contributed by atoms with Crippen LogP contribution in [0.4, 0.5) is 0 Å². The van der Waals surface area contributed by atoms with Gasteiger partial charge in [0.1, 0.15) is 0 Å². The van der Waals surface area contributed by atoms with Crippen LogP contribution in [0.3, 0.4) is 0 Å². The Bertz CT molecular complexity index is 358. The molecule has 0 aliphatic carbocycles. The number of carboxylic acids is 1. The number of aryl methyl sites for hydroxylation is 1. The number of hydrogen-bond donors (Lipinski definition) is 1. The Morgan fingerprint density at radius 3 is 2.93 bits per heavy atom. The van der Waals surface area contributed by atoms with Crippen molar-refractivity contribution in [1.29, 1.82) is 0 Å². The Morgan fingerprint density at radius 1 is 1.36 bits per heavy atom. The fourth-order valence-corrected chi connectivity index (χ4v) is 1.63. The highest BCUT2D eigenvalue weighted by molar-refractivity contribution is 5.67. The molecule has 74 valence electrons. The lowest BCUT2D eigenvalue weighted by Gasteiger charge is -2.01. The molecule has 0 atom stereocenters. The summed E-state index contributed by atoms with van der Waals surface area (Å²) in [6.07, 6.45) is 0.794. The van der Waals surface area contributed by atoms with Crippen molar-refractivity contribution in [2.75, 3.05) is 0 Å². The normalized spacial score (nSPS) is 14.0. The molecule has 0 unspecified atom stereocenters. The predicted octanol–water partition coefficient (Wildman–Crippen LogP) is 1.73. The van der Waals surface area contributed by atoms with Gasteiger partial charge in [-0.15, -0.1) is 0 Å². The number of rotatable bonds is 3. The third-order valence-electron chi connectivity index (χ3n) is 2.41. The van der Waals surface area contributed by atoms with Gasteiger partial charge in [-0.25, -0.2) is 0 Å². The first kappa shape index (κ1) is 9.21. The van der Waals surface area contributed by atoms with E-state index in [1.807, 2.05) is 18.2 Å². The smallest absolute Gasteiger partial charge is 0.303 e. The van der Waals surface area contributed by atoms with Crippen molar-refractivity contribution in [3.05, 3.63) is 34.9 Å². The van der Waals surface area contributed by atoms with E-state index in [-0.39, 0.29) is 6.42 Å². The van der Waals surface area contributed by atoms with Crippen LogP contribution in [-0.2, 0) is 29.2 Å². The molecule has 14 heavy (non-hydrogen) atoms. The van der Waals surface area contributed by atoms with Crippen LogP contribution in [0, 0.1) is 0 Å². The molecule has 3 nitrogen and oxygen atoms in total. The summed E-state index contributed by atoms with van der Waals surface area (Å²) < 4.78 is 5.28. The van der Waals surface area contributed by atoms with Gasteiger partial charge in [-0.1, -0.05) is 18.2 Å². The van der Waals surface area contributed by atoms with Crippen LogP contribution in [0.15, 0.2) is 18.2 Å². The van der Waals surface area contributed by atoms with E-state index in [9.17, 15) is 4.79 Å². The summed E-state index contributed by atoms with van der Waals surface area (Å²) in [5.41, 5.74) is 3.51. The number of fused-ring (bicyclic) bond motifs is 1. The summed E-state index contributed by atoms with van der Waals surface area (Å²) in [5, 5.41) is 8.54. The number of hydrogen-bond acceptors (Lipinski definition) is 2. The Kier molecular flexibility index (Phi) is 2.50. The van der Waals surface area contributed by atoms with Gasteiger partial charge >= 0.3 is 5.97 Å². The lowest BCUT2D eigenvalue weighted by molar-refractivity contribution is -0.136. The lowest BCUT2D eigenvalue weighted by Crippen LogP contribution is -1.98. The second-order valence-electron chi connectivity index (χ2n) is 3.49. The number of carboxylic acid groups (broad SMARTS) is 1. The van der Waals surface area contributed by atoms with E-state index in [1.165, 1.54) is 11.1 Å². The monoisotopic (exact) mass is 192 g/mol. The maximum Gasteiger partial charge on any atom is 0.303 e. The van der Waals surface area contributed by atoms with E-state index in [4.69, 9.17) is 9.84 Å². The largest absolute Gasteiger partial charge is 0.481 e. The second-order valence-corrected chi connectivity index (χ2v) is 3.49. The SMILES string of the molecule is O=C(O)CCc1ccc2c(c1)COC2. The molecule has 0 radical (unpaired) electrons. The van der Waals surface area contributed by atoms with Gasteiger partial charge in [-0.05, 0) is 23.1 Å². The van der Waals surface area contributed by atoms with Crippen LogP contribution in [-0.4, -0.2) is 11.1 Å². The van der Waals surface area contributed by atoms with Crippen molar-refractivity contribution in [1.82, 2.24) is 0 Å². The number of aliphatic carboxylic acids is 1. The summed E-state index contributed by atoms with van der Waals surface area (Å²) in [5.74, 6) is -0.748. The van der Waals surface area contributed by atoms with Gasteiger partial charge in [0, 0.05) is 6.42 Å². The van der Waals surface area contributed by atoms with Crippen LogP contribution < -0.4 is 0 Å². The predicted molar refractivity (Wildman–Crippen MR) is 50.9 cm³/mol. The average Bonchev–Trinajstić information content (AvgIpc) is 2.61. The van der Waals surface area contributed by atoms with Crippen LogP contribution >= 0.6 is 0 Å². The third-order valence-corrected chi connectivity index (χ3v) is 2.41. The van der Waals surface area contributed by atoms with Crippen molar-refractivity contribution in [2.45, 2.75) is 26.1 Å². The van der Waals surface area contributed by atoms with E-state index >= 15 is 0 Å². The highest BCUT2D eigenvalue weighted by Crippen LogP contribution is 2.21. The molecule has 1 aromatic carbocycles. The third kappa shape index (κ3) is 1.93. The summed E-state index contributed by atoms with van der Waals surface area (Å²) in [6.45, 7) is 1.35. The molecule has 1 aromatic rings. The molecule has 0 amide bonds. The lowest BCUT2D eigenvalue weighted by atomic mass is 10.0. The molecular weight excluding hydrogens is 180 g/mol. The van der Waals surface area contributed by atoms with Gasteiger partial charge in [0.2, 0.25) is 0 Å². The fourth-order valence-electron chi connectivity index (χ4n) is 1.63. The van der Waals surface area contributed by atoms with Crippen molar-refractivity contribution < 1.29 is 14.6 Å². The highest BCUT2D eigenvalue weighted by atomic mass is 16.5. The quantitative estimate of drug-likeness (QED) is 0.793. The first-order chi connectivity index (χ1) is 6.75. The number of ether oxygens (including phenoxy) is 1. The Morgan fingerprint density at radius 2 is 2.14 bits per heavy atom. The van der Waals surface area contributed by atoms with Gasteiger partial charge in [-0.2, -0.15) is 0 Å². The summed E-state index contributed by atoms with van der Waals surface area (Å²) in [7, 11) is 0. The van der Waals surface area contributed by atoms with Crippen molar-refractivity contribution in [3.8, 4) is 0 Å². The molecule has 0 saturated carbocycles. The van der Waals surface area contributed by atoms with Crippen molar-refractivity contribution >= 4 is 5.97 Å². The Balaban J connectivity index is 2.09.